The average molecular weight is 615 g/mol. The van der Waals surface area contributed by atoms with Gasteiger partial charge in [-0.2, -0.15) is 0 Å². The van der Waals surface area contributed by atoms with Crippen LogP contribution in [0, 0.1) is 0 Å². The van der Waals surface area contributed by atoms with E-state index in [2.05, 4.69) is 34.9 Å². The number of aromatic nitrogens is 6. The van der Waals surface area contributed by atoms with Crippen LogP contribution in [0.5, 0.6) is 23.0 Å². The molecule has 14 heteroatoms. The van der Waals surface area contributed by atoms with Gasteiger partial charge in [0.2, 0.25) is 0 Å². The maximum Gasteiger partial charge on any atom is 0.189 e. The predicted octanol–water partition coefficient (Wildman–Crippen LogP) is 4.89. The lowest BCUT2D eigenvalue weighted by Gasteiger charge is -2.08. The van der Waals surface area contributed by atoms with Crippen LogP contribution in [-0.4, -0.2) is 77.3 Å². The van der Waals surface area contributed by atoms with E-state index in [0.29, 0.717) is 34.5 Å². The van der Waals surface area contributed by atoms with E-state index in [4.69, 9.17) is 33.5 Å². The predicted molar refractivity (Wildman–Crippen MR) is 162 cm³/mol. The Morgan fingerprint density at radius 1 is 0.578 bits per heavy atom. The summed E-state index contributed by atoms with van der Waals surface area (Å²) in [5.74, 6) is 3.95. The first-order valence-corrected chi connectivity index (χ1v) is 13.9. The van der Waals surface area contributed by atoms with E-state index in [9.17, 15) is 0 Å². The molecule has 4 aromatic heterocycles. The highest BCUT2D eigenvalue weighted by molar-refractivity contribution is 5.81. The van der Waals surface area contributed by atoms with E-state index >= 15 is 0 Å². The number of methoxy groups -OCH3 is 2. The van der Waals surface area contributed by atoms with Crippen molar-refractivity contribution in [2.24, 2.45) is 0 Å². The third kappa shape index (κ3) is 7.63. The van der Waals surface area contributed by atoms with Gasteiger partial charge >= 0.3 is 0 Å². The Balaban J connectivity index is 0.816. The van der Waals surface area contributed by atoms with Gasteiger partial charge < -0.3 is 33.7 Å². The van der Waals surface area contributed by atoms with E-state index in [1.54, 1.807) is 38.7 Å². The molecular weight excluding hydrogens is 584 g/mol. The van der Waals surface area contributed by atoms with Gasteiger partial charge in [0.25, 0.3) is 0 Å². The zero-order valence-corrected chi connectivity index (χ0v) is 24.5. The van der Waals surface area contributed by atoms with Gasteiger partial charge in [-0.3, -0.25) is 0 Å². The standard InChI is InChI=1S/C31H30N6O8/c1-38-20-3-7-24-28(15-20)36-30(34-24)26-9-5-22(17-32-26)41-12-14-44-45-43-13-11-40-19-42-23-6-10-27(33-18-23)31-35-25-8-4-21(39-2)16-29(25)37-31/h3-10,15-18H,11-14,19H2,1-2H3,(H,34,36)(H,35,37). The molecule has 0 amide bonds. The second-order valence-corrected chi connectivity index (χ2v) is 9.43. The van der Waals surface area contributed by atoms with Gasteiger partial charge in [-0.25, -0.2) is 29.7 Å². The summed E-state index contributed by atoms with van der Waals surface area (Å²) in [6, 6.07) is 18.5. The summed E-state index contributed by atoms with van der Waals surface area (Å²) >= 11 is 0. The lowest BCUT2D eigenvalue weighted by molar-refractivity contribution is -0.514. The first-order chi connectivity index (χ1) is 22.2. The van der Waals surface area contributed by atoms with Gasteiger partial charge in [-0.15, -0.1) is 0 Å². The van der Waals surface area contributed by atoms with Crippen LogP contribution in [0.4, 0.5) is 0 Å². The SMILES string of the molecule is COc1ccc2nc(-c3ccc(OCCOOOCCOCOc4ccc(-c5nc6ccc(OC)cc6[nH]5)nc4)cn3)[nH]c2c1. The van der Waals surface area contributed by atoms with E-state index in [1.807, 2.05) is 48.5 Å². The van der Waals surface area contributed by atoms with Crippen molar-refractivity contribution in [3.8, 4) is 46.0 Å². The number of rotatable bonds is 16. The second-order valence-electron chi connectivity index (χ2n) is 9.43. The zero-order chi connectivity index (χ0) is 30.8. The molecule has 0 saturated carbocycles. The molecule has 2 aromatic carbocycles. The number of nitrogens with one attached hydrogen (secondary N) is 2. The van der Waals surface area contributed by atoms with Crippen LogP contribution in [0.25, 0.3) is 45.1 Å². The molecule has 0 aliphatic carbocycles. The number of pyridine rings is 2. The maximum absolute atomic E-state index is 5.62. The van der Waals surface area contributed by atoms with Gasteiger partial charge in [-0.1, -0.05) is 5.04 Å². The van der Waals surface area contributed by atoms with Crippen LogP contribution in [0.1, 0.15) is 0 Å². The second kappa shape index (κ2) is 14.5. The minimum atomic E-state index is 0.0153. The lowest BCUT2D eigenvalue weighted by atomic mass is 10.3. The Hall–Kier alpha value is -5.28. The van der Waals surface area contributed by atoms with Crippen molar-refractivity contribution in [3.05, 3.63) is 73.1 Å². The molecule has 0 unspecified atom stereocenters. The Morgan fingerprint density at radius 3 is 1.64 bits per heavy atom. The van der Waals surface area contributed by atoms with Crippen molar-refractivity contribution < 1.29 is 38.5 Å². The van der Waals surface area contributed by atoms with Gasteiger partial charge in [0.15, 0.2) is 18.4 Å². The minimum Gasteiger partial charge on any atom is -0.497 e. The van der Waals surface area contributed by atoms with Crippen molar-refractivity contribution in [1.82, 2.24) is 29.9 Å². The Kier molecular flexibility index (Phi) is 9.57. The van der Waals surface area contributed by atoms with Crippen molar-refractivity contribution in [2.45, 2.75) is 0 Å². The van der Waals surface area contributed by atoms with Crippen LogP contribution in [0.15, 0.2) is 73.1 Å². The van der Waals surface area contributed by atoms with Crippen molar-refractivity contribution in [2.75, 3.05) is 47.4 Å². The third-order valence-corrected chi connectivity index (χ3v) is 6.49. The number of fused-ring (bicyclic) bond motifs is 2. The largest absolute Gasteiger partial charge is 0.497 e. The molecule has 0 fully saturated rings. The van der Waals surface area contributed by atoms with E-state index in [1.165, 1.54) is 0 Å². The van der Waals surface area contributed by atoms with Crippen LogP contribution >= 0.6 is 0 Å². The number of H-pyrrole nitrogens is 2. The van der Waals surface area contributed by atoms with Crippen molar-refractivity contribution in [3.63, 3.8) is 0 Å². The first-order valence-electron chi connectivity index (χ1n) is 13.9. The highest BCUT2D eigenvalue weighted by Gasteiger charge is 2.09. The molecule has 0 aliphatic rings. The molecule has 0 aliphatic heterocycles. The number of nitrogens with zero attached hydrogens (tertiary/aromatic N) is 4. The quantitative estimate of drug-likeness (QED) is 0.0659. The monoisotopic (exact) mass is 614 g/mol. The van der Waals surface area contributed by atoms with Crippen LogP contribution in [-0.2, 0) is 19.6 Å². The highest BCUT2D eigenvalue weighted by atomic mass is 17.5. The first kappa shape index (κ1) is 29.8. The fourth-order valence-corrected chi connectivity index (χ4v) is 4.24. The number of imidazole rings is 2. The molecule has 0 atom stereocenters. The summed E-state index contributed by atoms with van der Waals surface area (Å²) in [5, 5.41) is 4.68. The van der Waals surface area contributed by atoms with Gasteiger partial charge in [-0.05, 0) is 48.5 Å². The fraction of sp³-hybridized carbons (Fsp3) is 0.226. The van der Waals surface area contributed by atoms with Gasteiger partial charge in [0.05, 0.1) is 55.3 Å². The number of aromatic amines is 2. The molecular formula is C31H30N6O8. The molecule has 232 valence electrons. The van der Waals surface area contributed by atoms with E-state index in [0.717, 1.165) is 33.6 Å². The van der Waals surface area contributed by atoms with Crippen LogP contribution in [0.3, 0.4) is 0 Å². The number of hydrogen-bond acceptors (Lipinski definition) is 12. The third-order valence-electron chi connectivity index (χ3n) is 6.49. The maximum atomic E-state index is 5.62. The molecule has 2 N–H and O–H groups in total. The van der Waals surface area contributed by atoms with E-state index in [-0.39, 0.29) is 33.2 Å². The summed E-state index contributed by atoms with van der Waals surface area (Å²) in [4.78, 5) is 34.3. The summed E-state index contributed by atoms with van der Waals surface area (Å²) < 4.78 is 27.1. The number of benzene rings is 2. The Bertz CT molecular complexity index is 1690. The van der Waals surface area contributed by atoms with E-state index < -0.39 is 0 Å². The molecule has 0 radical (unpaired) electrons. The summed E-state index contributed by atoms with van der Waals surface area (Å²) in [5.41, 5.74) is 4.76. The molecule has 4 heterocycles. The van der Waals surface area contributed by atoms with Crippen LogP contribution < -0.4 is 18.9 Å². The Labute approximate surface area is 257 Å². The minimum absolute atomic E-state index is 0.0153. The molecule has 45 heavy (non-hydrogen) atoms. The highest BCUT2D eigenvalue weighted by Crippen LogP contribution is 2.25. The molecule has 6 rings (SSSR count). The molecule has 14 nitrogen and oxygen atoms in total. The summed E-state index contributed by atoms with van der Waals surface area (Å²) in [6.07, 6.45) is 3.22. The normalized spacial score (nSPS) is 11.2. The average Bonchev–Trinajstić information content (AvgIpc) is 3.71. The Morgan fingerprint density at radius 2 is 1.11 bits per heavy atom. The van der Waals surface area contributed by atoms with Crippen molar-refractivity contribution >= 4 is 22.1 Å². The number of ether oxygens (including phenoxy) is 5. The zero-order valence-electron chi connectivity index (χ0n) is 24.5. The van der Waals surface area contributed by atoms with Crippen LogP contribution in [0.2, 0.25) is 0 Å². The molecule has 0 bridgehead atoms. The molecule has 0 spiro atoms. The topological polar surface area (TPSA) is 157 Å². The smallest absolute Gasteiger partial charge is 0.189 e. The number of hydrogen-bond donors (Lipinski definition) is 2. The van der Waals surface area contributed by atoms with Gasteiger partial charge in [0, 0.05) is 12.1 Å². The summed E-state index contributed by atoms with van der Waals surface area (Å²) in [6.45, 7) is 0.754. The summed E-state index contributed by atoms with van der Waals surface area (Å²) in [7, 11) is 3.25. The lowest BCUT2D eigenvalue weighted by Crippen LogP contribution is -2.11. The van der Waals surface area contributed by atoms with Gasteiger partial charge in [0.1, 0.15) is 54.2 Å². The fourth-order valence-electron chi connectivity index (χ4n) is 4.24. The van der Waals surface area contributed by atoms with Crippen molar-refractivity contribution in [1.29, 1.82) is 0 Å². The molecule has 6 aromatic rings. The molecule has 0 saturated heterocycles.